The second kappa shape index (κ2) is 7.25. The van der Waals surface area contributed by atoms with Crippen molar-refractivity contribution >= 4 is 62.2 Å². The molecule has 2 N–H and O–H groups in total. The Hall–Kier alpha value is -3.32. The lowest BCUT2D eigenvalue weighted by Gasteiger charge is -2.09. The van der Waals surface area contributed by atoms with Crippen molar-refractivity contribution in [3.63, 3.8) is 0 Å². The standard InChI is InChI=1S/C21H14IN3O4/c1-3-7-25-16-10-17-14(11(2)18(19(26)27)20(28)29-17)9-15(16)24-21(25)23-13-6-4-5-12(22)8-13/h1,4-6,8-10H,7H2,2H3,(H,23,24)(H,26,27). The van der Waals surface area contributed by atoms with Gasteiger partial charge in [-0.3, -0.25) is 4.57 Å². The smallest absolute Gasteiger partial charge is 0.351 e. The number of fused-ring (bicyclic) bond motifs is 2. The number of rotatable bonds is 4. The van der Waals surface area contributed by atoms with Crippen LogP contribution in [-0.2, 0) is 6.54 Å². The zero-order valence-corrected chi connectivity index (χ0v) is 17.4. The van der Waals surface area contributed by atoms with Gasteiger partial charge in [0.2, 0.25) is 5.95 Å². The van der Waals surface area contributed by atoms with E-state index in [4.69, 9.17) is 10.8 Å². The molecular formula is C21H14IN3O4. The zero-order valence-electron chi connectivity index (χ0n) is 15.2. The Labute approximate surface area is 178 Å². The van der Waals surface area contributed by atoms with Crippen molar-refractivity contribution in [3.8, 4) is 12.3 Å². The summed E-state index contributed by atoms with van der Waals surface area (Å²) in [5, 5.41) is 13.1. The van der Waals surface area contributed by atoms with Crippen LogP contribution >= 0.6 is 22.6 Å². The molecule has 0 aliphatic rings. The fraction of sp³-hybridized carbons (Fsp3) is 0.0952. The first-order chi connectivity index (χ1) is 13.9. The minimum absolute atomic E-state index is 0.255. The Morgan fingerprint density at radius 1 is 1.38 bits per heavy atom. The summed E-state index contributed by atoms with van der Waals surface area (Å²) in [5.74, 6) is 1.82. The van der Waals surface area contributed by atoms with Gasteiger partial charge in [-0.2, -0.15) is 0 Å². The summed E-state index contributed by atoms with van der Waals surface area (Å²) in [5.41, 5.74) is 1.49. The predicted octanol–water partition coefficient (Wildman–Crippen LogP) is 4.13. The Balaban J connectivity index is 1.96. The number of carboxylic acid groups (broad SMARTS) is 1. The number of terminal acetylenes is 1. The van der Waals surface area contributed by atoms with Gasteiger partial charge < -0.3 is 14.8 Å². The van der Waals surface area contributed by atoms with E-state index in [1.165, 1.54) is 0 Å². The zero-order chi connectivity index (χ0) is 20.7. The Kier molecular flexibility index (Phi) is 4.76. The molecule has 0 spiro atoms. The normalized spacial score (nSPS) is 10.9. The number of hydrogen-bond acceptors (Lipinski definition) is 5. The van der Waals surface area contributed by atoms with Crippen LogP contribution < -0.4 is 10.9 Å². The number of nitrogens with one attached hydrogen (secondary N) is 1. The van der Waals surface area contributed by atoms with Gasteiger partial charge in [-0.15, -0.1) is 6.42 Å². The van der Waals surface area contributed by atoms with E-state index >= 15 is 0 Å². The molecule has 0 aliphatic heterocycles. The molecule has 0 saturated heterocycles. The Morgan fingerprint density at radius 3 is 2.86 bits per heavy atom. The molecule has 0 aliphatic carbocycles. The molecule has 0 unspecified atom stereocenters. The summed E-state index contributed by atoms with van der Waals surface area (Å²) in [4.78, 5) is 28.1. The second-order valence-corrected chi connectivity index (χ2v) is 7.64. The molecule has 2 aromatic heterocycles. The first-order valence-corrected chi connectivity index (χ1v) is 9.64. The van der Waals surface area contributed by atoms with Gasteiger partial charge >= 0.3 is 11.6 Å². The second-order valence-electron chi connectivity index (χ2n) is 6.39. The minimum Gasteiger partial charge on any atom is -0.477 e. The predicted molar refractivity (Wildman–Crippen MR) is 119 cm³/mol. The lowest BCUT2D eigenvalue weighted by Crippen LogP contribution is -2.15. The van der Waals surface area contributed by atoms with Crippen LogP contribution in [0.15, 0.2) is 45.6 Å². The summed E-state index contributed by atoms with van der Waals surface area (Å²) >= 11 is 2.22. The first-order valence-electron chi connectivity index (χ1n) is 8.56. The Bertz CT molecular complexity index is 1400. The van der Waals surface area contributed by atoms with Gasteiger partial charge in [0, 0.05) is 20.7 Å². The average molecular weight is 499 g/mol. The molecule has 7 nitrogen and oxygen atoms in total. The molecule has 0 radical (unpaired) electrons. The van der Waals surface area contributed by atoms with Crippen molar-refractivity contribution in [1.82, 2.24) is 9.55 Å². The number of aromatic carboxylic acids is 1. The molecule has 0 saturated carbocycles. The van der Waals surface area contributed by atoms with Crippen LogP contribution in [0.1, 0.15) is 15.9 Å². The highest BCUT2D eigenvalue weighted by molar-refractivity contribution is 14.1. The minimum atomic E-state index is -1.32. The third-order valence-corrected chi connectivity index (χ3v) is 5.25. The summed E-state index contributed by atoms with van der Waals surface area (Å²) in [6.07, 6.45) is 5.54. The van der Waals surface area contributed by atoms with E-state index in [1.807, 2.05) is 24.3 Å². The van der Waals surface area contributed by atoms with Gasteiger partial charge in [0.1, 0.15) is 11.1 Å². The van der Waals surface area contributed by atoms with Crippen LogP contribution in [0, 0.1) is 22.8 Å². The maximum Gasteiger partial charge on any atom is 0.351 e. The quantitative estimate of drug-likeness (QED) is 0.249. The lowest BCUT2D eigenvalue weighted by atomic mass is 10.1. The SMILES string of the molecule is C#CCn1c(Nc2cccc(I)c2)nc2cc3c(C)c(C(=O)O)c(=O)oc3cc21. The lowest BCUT2D eigenvalue weighted by molar-refractivity contribution is 0.0691. The van der Waals surface area contributed by atoms with Gasteiger partial charge in [-0.05, 0) is 59.3 Å². The number of aryl methyl sites for hydroxylation is 1. The van der Waals surface area contributed by atoms with E-state index < -0.39 is 11.6 Å². The molecule has 0 amide bonds. The monoisotopic (exact) mass is 499 g/mol. The molecule has 0 atom stereocenters. The summed E-state index contributed by atoms with van der Waals surface area (Å²) in [6.45, 7) is 1.84. The van der Waals surface area contributed by atoms with Crippen LogP contribution in [0.2, 0.25) is 0 Å². The van der Waals surface area contributed by atoms with Crippen molar-refractivity contribution in [2.24, 2.45) is 0 Å². The average Bonchev–Trinajstić information content (AvgIpc) is 2.97. The summed E-state index contributed by atoms with van der Waals surface area (Å²) < 4.78 is 8.14. The van der Waals surface area contributed by atoms with E-state index in [1.54, 1.807) is 23.6 Å². The van der Waals surface area contributed by atoms with Gasteiger partial charge in [-0.1, -0.05) is 12.0 Å². The molecule has 144 valence electrons. The van der Waals surface area contributed by atoms with Crippen molar-refractivity contribution in [3.05, 3.63) is 61.5 Å². The highest BCUT2D eigenvalue weighted by atomic mass is 127. The number of carbonyl (C=O) groups is 1. The summed E-state index contributed by atoms with van der Waals surface area (Å²) in [6, 6.07) is 11.2. The number of halogens is 1. The van der Waals surface area contributed by atoms with Gasteiger partial charge in [0.15, 0.2) is 0 Å². The number of aromatic nitrogens is 2. The van der Waals surface area contributed by atoms with E-state index in [9.17, 15) is 14.7 Å². The van der Waals surface area contributed by atoms with Crippen molar-refractivity contribution in [2.45, 2.75) is 13.5 Å². The third kappa shape index (κ3) is 3.34. The number of nitrogens with zero attached hydrogens (tertiary/aromatic N) is 2. The molecule has 4 rings (SSSR count). The molecule has 0 fully saturated rings. The first kappa shape index (κ1) is 19.0. The van der Waals surface area contributed by atoms with E-state index in [-0.39, 0.29) is 17.7 Å². The van der Waals surface area contributed by atoms with Crippen LogP contribution in [0.4, 0.5) is 11.6 Å². The van der Waals surface area contributed by atoms with Crippen molar-refractivity contribution in [1.29, 1.82) is 0 Å². The molecule has 8 heteroatoms. The van der Waals surface area contributed by atoms with Gasteiger partial charge in [0.05, 0.1) is 17.6 Å². The van der Waals surface area contributed by atoms with Crippen LogP contribution in [0.3, 0.4) is 0 Å². The number of carboxylic acids is 1. The number of benzene rings is 2. The summed E-state index contributed by atoms with van der Waals surface area (Å²) in [7, 11) is 0. The number of imidazole rings is 1. The van der Waals surface area contributed by atoms with Crippen LogP contribution in [0.5, 0.6) is 0 Å². The molecule has 2 aromatic carbocycles. The van der Waals surface area contributed by atoms with Crippen molar-refractivity contribution in [2.75, 3.05) is 5.32 Å². The topological polar surface area (TPSA) is 97.4 Å². The number of anilines is 2. The largest absolute Gasteiger partial charge is 0.477 e. The van der Waals surface area contributed by atoms with Gasteiger partial charge in [0.25, 0.3) is 0 Å². The molecule has 29 heavy (non-hydrogen) atoms. The highest BCUT2D eigenvalue weighted by Gasteiger charge is 2.20. The van der Waals surface area contributed by atoms with E-state index in [0.717, 1.165) is 9.26 Å². The maximum atomic E-state index is 12.1. The van der Waals surface area contributed by atoms with Gasteiger partial charge in [-0.25, -0.2) is 14.6 Å². The van der Waals surface area contributed by atoms with Crippen LogP contribution in [-0.4, -0.2) is 20.6 Å². The van der Waals surface area contributed by atoms with Crippen molar-refractivity contribution < 1.29 is 14.3 Å². The van der Waals surface area contributed by atoms with E-state index in [0.29, 0.717) is 27.9 Å². The Morgan fingerprint density at radius 2 is 2.17 bits per heavy atom. The molecule has 4 aromatic rings. The molecule has 2 heterocycles. The fourth-order valence-electron chi connectivity index (χ4n) is 3.26. The maximum absolute atomic E-state index is 12.1. The molecule has 0 bridgehead atoms. The number of hydrogen-bond donors (Lipinski definition) is 2. The van der Waals surface area contributed by atoms with E-state index in [2.05, 4.69) is 38.8 Å². The molecular weight excluding hydrogens is 485 g/mol. The fourth-order valence-corrected chi connectivity index (χ4v) is 3.80. The third-order valence-electron chi connectivity index (χ3n) is 4.58. The highest BCUT2D eigenvalue weighted by Crippen LogP contribution is 2.29. The van der Waals surface area contributed by atoms with Crippen LogP contribution in [0.25, 0.3) is 22.0 Å².